The quantitative estimate of drug-likeness (QED) is 0.311. The topological polar surface area (TPSA) is 122 Å². The predicted octanol–water partition coefficient (Wildman–Crippen LogP) is 4.22. The third kappa shape index (κ3) is 5.48. The molecule has 0 fully saturated rings. The van der Waals surface area contributed by atoms with Gasteiger partial charge in [-0.25, -0.2) is 4.68 Å². The highest BCUT2D eigenvalue weighted by Gasteiger charge is 2.28. The second-order valence-corrected chi connectivity index (χ2v) is 7.71. The van der Waals surface area contributed by atoms with Crippen LogP contribution in [0.5, 0.6) is 0 Å². The third-order valence-corrected chi connectivity index (χ3v) is 4.91. The molecule has 0 radical (unpaired) electrons. The summed E-state index contributed by atoms with van der Waals surface area (Å²) in [6, 6.07) is 9.50. The number of benzene rings is 2. The van der Waals surface area contributed by atoms with Crippen molar-refractivity contribution >= 4 is 29.4 Å². The maximum atomic E-state index is 12.3. The molecule has 8 nitrogen and oxygen atoms in total. The molecule has 3 aromatic rings. The third-order valence-electron chi connectivity index (χ3n) is 4.91. The molecule has 0 bridgehead atoms. The van der Waals surface area contributed by atoms with Crippen LogP contribution >= 0.6 is 0 Å². The van der Waals surface area contributed by atoms with Crippen LogP contribution in [0.25, 0.3) is 11.4 Å². The number of aromatic nitrogens is 3. The second kappa shape index (κ2) is 9.31. The Labute approximate surface area is 188 Å². The molecule has 0 aliphatic heterocycles. The van der Waals surface area contributed by atoms with Crippen molar-refractivity contribution in [2.75, 3.05) is 17.6 Å². The number of amides is 1. The molecular formula is C22H24F3N7O. The zero-order valence-corrected chi connectivity index (χ0v) is 18.3. The van der Waals surface area contributed by atoms with Gasteiger partial charge in [0.1, 0.15) is 6.54 Å². The summed E-state index contributed by atoms with van der Waals surface area (Å²) in [7, 11) is 1.71. The van der Waals surface area contributed by atoms with Crippen LogP contribution < -0.4 is 16.4 Å². The van der Waals surface area contributed by atoms with E-state index >= 15 is 0 Å². The van der Waals surface area contributed by atoms with Crippen molar-refractivity contribution in [1.82, 2.24) is 20.1 Å². The Morgan fingerprint density at radius 3 is 2.45 bits per heavy atom. The average Bonchev–Trinajstić information content (AvgIpc) is 3.12. The minimum Gasteiger partial charge on any atom is -0.398 e. The number of alkyl halides is 3. The molecule has 5 N–H and O–H groups in total. The molecule has 1 amide bonds. The highest BCUT2D eigenvalue weighted by molar-refractivity contribution is 5.94. The molecule has 0 spiro atoms. The van der Waals surface area contributed by atoms with Crippen molar-refractivity contribution in [2.45, 2.75) is 25.9 Å². The van der Waals surface area contributed by atoms with Gasteiger partial charge in [0, 0.05) is 41.3 Å². The Balaban J connectivity index is 1.83. The molecule has 0 atom stereocenters. The molecule has 11 heteroatoms. The van der Waals surface area contributed by atoms with Gasteiger partial charge in [0.05, 0.1) is 0 Å². The molecule has 0 unspecified atom stereocenters. The highest BCUT2D eigenvalue weighted by Crippen LogP contribution is 2.32. The fourth-order valence-electron chi connectivity index (χ4n) is 3.33. The zero-order chi connectivity index (χ0) is 24.3. The molecule has 1 aromatic heterocycles. The second-order valence-electron chi connectivity index (χ2n) is 7.71. The van der Waals surface area contributed by atoms with E-state index < -0.39 is 18.6 Å². The van der Waals surface area contributed by atoms with E-state index in [9.17, 15) is 18.0 Å². The van der Waals surface area contributed by atoms with E-state index in [0.29, 0.717) is 28.6 Å². The molecule has 2 aromatic carbocycles. The van der Waals surface area contributed by atoms with E-state index in [4.69, 9.17) is 11.1 Å². The van der Waals surface area contributed by atoms with E-state index in [1.165, 1.54) is 18.3 Å². The first kappa shape index (κ1) is 23.8. The van der Waals surface area contributed by atoms with Gasteiger partial charge in [-0.05, 0) is 35.7 Å². The summed E-state index contributed by atoms with van der Waals surface area (Å²) in [4.78, 5) is 16.4. The summed E-state index contributed by atoms with van der Waals surface area (Å²) >= 11 is 0. The lowest BCUT2D eigenvalue weighted by Gasteiger charge is -2.18. The van der Waals surface area contributed by atoms with Gasteiger partial charge in [-0.1, -0.05) is 26.0 Å². The largest absolute Gasteiger partial charge is 0.405 e. The van der Waals surface area contributed by atoms with E-state index in [-0.39, 0.29) is 11.5 Å². The lowest BCUT2D eigenvalue weighted by atomic mass is 9.94. The van der Waals surface area contributed by atoms with Crippen LogP contribution in [0.4, 0.5) is 30.5 Å². The van der Waals surface area contributed by atoms with Crippen molar-refractivity contribution < 1.29 is 18.0 Å². The van der Waals surface area contributed by atoms with Crippen molar-refractivity contribution in [3.8, 4) is 11.4 Å². The van der Waals surface area contributed by atoms with Gasteiger partial charge >= 0.3 is 6.18 Å². The number of nitrogens with zero attached hydrogens (tertiary/aromatic N) is 3. The van der Waals surface area contributed by atoms with Gasteiger partial charge in [0.25, 0.3) is 5.91 Å². The predicted molar refractivity (Wildman–Crippen MR) is 121 cm³/mol. The number of anilines is 3. The number of nitrogens with one attached hydrogen (secondary N) is 3. The van der Waals surface area contributed by atoms with Crippen LogP contribution in [0.2, 0.25) is 0 Å². The summed E-state index contributed by atoms with van der Waals surface area (Å²) in [6.07, 6.45) is -3.25. The first-order valence-corrected chi connectivity index (χ1v) is 10.1. The lowest BCUT2D eigenvalue weighted by molar-refractivity contribution is -0.123. The number of carbonyl (C=O) groups excluding carboxylic acids is 1. The zero-order valence-electron chi connectivity index (χ0n) is 18.3. The number of nitrogen functional groups attached to an aromatic ring is 1. The van der Waals surface area contributed by atoms with Crippen molar-refractivity contribution in [3.63, 3.8) is 0 Å². The van der Waals surface area contributed by atoms with Gasteiger partial charge in [-0.2, -0.15) is 18.2 Å². The van der Waals surface area contributed by atoms with Crippen LogP contribution in [0.15, 0.2) is 36.4 Å². The van der Waals surface area contributed by atoms with Crippen LogP contribution in [0.3, 0.4) is 0 Å². The van der Waals surface area contributed by atoms with Gasteiger partial charge in [0.2, 0.25) is 5.95 Å². The number of halogens is 3. The van der Waals surface area contributed by atoms with E-state index in [0.717, 1.165) is 11.3 Å². The molecule has 0 aliphatic carbocycles. The van der Waals surface area contributed by atoms with Gasteiger partial charge in [-0.3, -0.25) is 4.79 Å². The minimum absolute atomic E-state index is 0.0938. The Morgan fingerprint density at radius 2 is 1.88 bits per heavy atom. The molecule has 0 saturated heterocycles. The van der Waals surface area contributed by atoms with E-state index in [2.05, 4.69) is 15.4 Å². The monoisotopic (exact) mass is 459 g/mol. The first-order chi connectivity index (χ1) is 15.5. The maximum Gasteiger partial charge on any atom is 0.405 e. The summed E-state index contributed by atoms with van der Waals surface area (Å²) in [5.41, 5.74) is 9.48. The Hall–Kier alpha value is -3.89. The number of carbonyl (C=O) groups is 1. The normalized spacial score (nSPS) is 11.5. The number of nitrogens with two attached hydrogens (primary N) is 1. The summed E-state index contributed by atoms with van der Waals surface area (Å²) < 4.78 is 38.4. The molecular weight excluding hydrogens is 435 g/mol. The standard InChI is InChI=1S/C22H24F3N7O/c1-12(2)18-15(10-26)16(27)8-9-17(18)29-21-30-19(31-32(21)3)13-4-6-14(7-5-13)20(33)28-11-22(23,24)25/h4-10,12,26H,11,27H2,1-3H3,(H,28,33)(H,29,30,31). The fourth-order valence-corrected chi connectivity index (χ4v) is 3.33. The molecule has 0 aliphatic rings. The molecule has 0 saturated carbocycles. The number of rotatable bonds is 7. The maximum absolute atomic E-state index is 12.3. The molecule has 1 heterocycles. The summed E-state index contributed by atoms with van der Waals surface area (Å²) in [5.74, 6) is 0.0915. The smallest absolute Gasteiger partial charge is 0.398 e. The first-order valence-electron chi connectivity index (χ1n) is 10.1. The van der Waals surface area contributed by atoms with E-state index in [1.807, 2.05) is 25.2 Å². The van der Waals surface area contributed by atoms with Crippen LogP contribution in [0.1, 0.15) is 41.3 Å². The fraction of sp³-hybridized carbons (Fsp3) is 0.273. The Bertz CT molecular complexity index is 1170. The Kier molecular flexibility index (Phi) is 6.70. The van der Waals surface area contributed by atoms with Gasteiger partial charge in [0.15, 0.2) is 5.82 Å². The van der Waals surface area contributed by atoms with E-state index in [1.54, 1.807) is 29.9 Å². The Morgan fingerprint density at radius 1 is 1.21 bits per heavy atom. The van der Waals surface area contributed by atoms with Crippen LogP contribution in [-0.4, -0.2) is 39.6 Å². The summed E-state index contributed by atoms with van der Waals surface area (Å²) in [5, 5.41) is 17.2. The van der Waals surface area contributed by atoms with Crippen molar-refractivity contribution in [1.29, 1.82) is 5.41 Å². The molecule has 3 rings (SSSR count). The number of aryl methyl sites for hydroxylation is 1. The van der Waals surface area contributed by atoms with Gasteiger partial charge in [-0.15, -0.1) is 5.10 Å². The number of hydrogen-bond acceptors (Lipinski definition) is 6. The van der Waals surface area contributed by atoms with Crippen LogP contribution in [-0.2, 0) is 7.05 Å². The number of hydrogen-bond donors (Lipinski definition) is 4. The van der Waals surface area contributed by atoms with Crippen molar-refractivity contribution in [3.05, 3.63) is 53.1 Å². The molecule has 33 heavy (non-hydrogen) atoms. The molecule has 174 valence electrons. The summed E-state index contributed by atoms with van der Waals surface area (Å²) in [6.45, 7) is 2.61. The highest BCUT2D eigenvalue weighted by atomic mass is 19.4. The average molecular weight is 459 g/mol. The van der Waals surface area contributed by atoms with Crippen LogP contribution in [0, 0.1) is 5.41 Å². The SMILES string of the molecule is CC(C)c1c(Nc2nc(-c3ccc(C(=O)NCC(F)(F)F)cc3)nn2C)ccc(N)c1C=N. The van der Waals surface area contributed by atoms with Gasteiger partial charge < -0.3 is 21.8 Å². The minimum atomic E-state index is -4.48. The lowest BCUT2D eigenvalue weighted by Crippen LogP contribution is -2.33. The van der Waals surface area contributed by atoms with Crippen molar-refractivity contribution in [2.24, 2.45) is 7.05 Å².